The molecule has 1 heterocycles. The molecule has 0 aliphatic rings. The minimum absolute atomic E-state index is 0.969. The van der Waals surface area contributed by atoms with E-state index in [1.54, 1.807) is 0 Å². The van der Waals surface area contributed by atoms with Gasteiger partial charge in [-0.25, -0.2) is 0 Å². The summed E-state index contributed by atoms with van der Waals surface area (Å²) in [6, 6.07) is 120. The highest BCUT2D eigenvalue weighted by Gasteiger charge is 2.07. The van der Waals surface area contributed by atoms with Gasteiger partial charge in [0.1, 0.15) is 11.2 Å². The van der Waals surface area contributed by atoms with Crippen LogP contribution in [-0.4, -0.2) is 0 Å². The second-order valence-electron chi connectivity index (χ2n) is 22.1. The first-order chi connectivity index (χ1) is 43.1. The van der Waals surface area contributed by atoms with E-state index in [-0.39, 0.29) is 0 Å². The van der Waals surface area contributed by atoms with Crippen molar-refractivity contribution in [1.29, 1.82) is 0 Å². The fourth-order valence-corrected chi connectivity index (χ4v) is 10.5. The molecule has 432 valence electrons. The molecule has 0 bridgehead atoms. The van der Waals surface area contributed by atoms with Crippen LogP contribution in [0.5, 0.6) is 0 Å². The van der Waals surface area contributed by atoms with Crippen molar-refractivity contribution in [3.8, 4) is 44.5 Å². The second-order valence-corrected chi connectivity index (χ2v) is 22.1. The quantitative estimate of drug-likeness (QED) is 0.171. The fraction of sp³-hybridized carbons (Fsp3) is 0.0805. The molecule has 0 atom stereocenters. The molecule has 0 radical (unpaired) electrons. The molecule has 88 heavy (non-hydrogen) atoms. The Morgan fingerprint density at radius 2 is 0.591 bits per heavy atom. The van der Waals surface area contributed by atoms with Crippen LogP contribution >= 0.6 is 0 Å². The predicted octanol–water partition coefficient (Wildman–Crippen LogP) is 24.8. The Balaban J connectivity index is 0.000000124. The fourth-order valence-electron chi connectivity index (χ4n) is 10.5. The molecule has 0 aliphatic carbocycles. The molecule has 1 aromatic heterocycles. The summed E-state index contributed by atoms with van der Waals surface area (Å²) >= 11 is 0. The van der Waals surface area contributed by atoms with Crippen LogP contribution in [0.3, 0.4) is 0 Å². The van der Waals surface area contributed by atoms with Crippen molar-refractivity contribution < 1.29 is 4.42 Å². The summed E-state index contributed by atoms with van der Waals surface area (Å²) in [6.45, 7) is 14.8. The van der Waals surface area contributed by atoms with E-state index in [0.29, 0.717) is 0 Å². The van der Waals surface area contributed by atoms with Crippen LogP contribution in [0, 0.1) is 48.5 Å². The molecule has 0 amide bonds. The smallest absolute Gasteiger partial charge is 0.138 e. The molecule has 0 unspecified atom stereocenters. The predicted molar refractivity (Wildman–Crippen MR) is 382 cm³/mol. The Labute approximate surface area is 522 Å². The third kappa shape index (κ3) is 18.0. The summed E-state index contributed by atoms with van der Waals surface area (Å²) in [6.07, 6.45) is 0. The lowest BCUT2D eigenvalue weighted by atomic mass is 9.97. The van der Waals surface area contributed by atoms with E-state index in [0.717, 1.165) is 11.2 Å². The SMILES string of the molecule is Cc1cc(-c2ccccc2)cc(-c2ccccc2)c1.Cc1ccc2ccccc2c1.Cc1cccc(-c2ccccc2)c1.Cc1cccc2c1oc1ccccc12.Cc1cccc2ccccc12.Cc1ccccc1.Cc1ccccc1-c1ccccc1. The van der Waals surface area contributed by atoms with Gasteiger partial charge < -0.3 is 4.42 Å². The highest BCUT2D eigenvalue weighted by molar-refractivity contribution is 6.05. The molecule has 0 fully saturated rings. The number of hydrogen-bond acceptors (Lipinski definition) is 1. The summed E-state index contributed by atoms with van der Waals surface area (Å²) in [5.74, 6) is 0. The van der Waals surface area contributed by atoms with Gasteiger partial charge in [0.2, 0.25) is 0 Å². The molecule has 0 N–H and O–H groups in total. The maximum Gasteiger partial charge on any atom is 0.138 e. The monoisotopic (exact) mass is 1140 g/mol. The van der Waals surface area contributed by atoms with Crippen LogP contribution in [0.4, 0.5) is 0 Å². The number of furan rings is 1. The van der Waals surface area contributed by atoms with Crippen molar-refractivity contribution in [2.45, 2.75) is 48.5 Å². The van der Waals surface area contributed by atoms with E-state index in [2.05, 4.69) is 346 Å². The number of benzene rings is 14. The Morgan fingerprint density at radius 1 is 0.193 bits per heavy atom. The maximum atomic E-state index is 5.78. The van der Waals surface area contributed by atoms with Crippen molar-refractivity contribution in [2.24, 2.45) is 0 Å². The number of fused-ring (bicyclic) bond motifs is 5. The number of hydrogen-bond donors (Lipinski definition) is 0. The summed E-state index contributed by atoms with van der Waals surface area (Å²) in [5.41, 5.74) is 21.4. The summed E-state index contributed by atoms with van der Waals surface area (Å²) < 4.78 is 5.78. The summed E-state index contributed by atoms with van der Waals surface area (Å²) in [4.78, 5) is 0. The minimum Gasteiger partial charge on any atom is -0.456 e. The third-order valence-electron chi connectivity index (χ3n) is 15.1. The molecule has 1 nitrogen and oxygen atoms in total. The van der Waals surface area contributed by atoms with Gasteiger partial charge in [0.15, 0.2) is 0 Å². The van der Waals surface area contributed by atoms with Gasteiger partial charge in [-0.05, 0) is 149 Å². The minimum atomic E-state index is 0.969. The van der Waals surface area contributed by atoms with E-state index in [4.69, 9.17) is 4.42 Å². The third-order valence-corrected chi connectivity index (χ3v) is 15.1. The number of para-hydroxylation sites is 2. The van der Waals surface area contributed by atoms with E-state index < -0.39 is 0 Å². The standard InChI is InChI=1S/C19H16.C13H10O.2C13H12.2C11H10.C7H8/c1-15-12-18(16-8-4-2-5-9-16)14-19(13-15)17-10-6-3-7-11-17;1-9-5-4-7-11-10-6-2-3-8-12(10)14-13(9)11;1-11-7-5-6-10-13(11)12-8-3-2-4-9-12;1-11-6-5-9-13(10-11)12-7-3-2-4-8-12;1-9-5-4-7-10-6-2-3-8-11(9)10;1-9-6-7-10-4-2-3-5-11(10)8-9;1-7-5-3-2-4-6-7/h2-14H,1H3;2-8H,1H3;2*2-10H,1H3;2*2-8H,1H3;2-6H,1H3. The molecule has 0 saturated carbocycles. The first-order valence-electron chi connectivity index (χ1n) is 30.3. The Hall–Kier alpha value is -10.6. The zero-order valence-electron chi connectivity index (χ0n) is 51.8. The van der Waals surface area contributed by atoms with Gasteiger partial charge in [-0.1, -0.05) is 350 Å². The Morgan fingerprint density at radius 3 is 1.17 bits per heavy atom. The average molecular weight is 1140 g/mol. The Kier molecular flexibility index (Phi) is 22.6. The van der Waals surface area contributed by atoms with E-state index >= 15 is 0 Å². The van der Waals surface area contributed by atoms with Crippen molar-refractivity contribution in [3.05, 3.63) is 385 Å². The van der Waals surface area contributed by atoms with Crippen LogP contribution in [0.25, 0.3) is 88.0 Å². The lowest BCUT2D eigenvalue weighted by molar-refractivity contribution is 0.666. The molecule has 0 spiro atoms. The lowest BCUT2D eigenvalue weighted by Crippen LogP contribution is -1.84. The van der Waals surface area contributed by atoms with Gasteiger partial charge in [-0.2, -0.15) is 0 Å². The first kappa shape index (κ1) is 61.9. The highest BCUT2D eigenvalue weighted by atomic mass is 16.3. The van der Waals surface area contributed by atoms with Crippen LogP contribution in [0.1, 0.15) is 38.9 Å². The molecule has 14 aromatic carbocycles. The van der Waals surface area contributed by atoms with Crippen LogP contribution < -0.4 is 0 Å². The first-order valence-corrected chi connectivity index (χ1v) is 30.3. The lowest BCUT2D eigenvalue weighted by Gasteiger charge is -2.08. The zero-order valence-corrected chi connectivity index (χ0v) is 51.8. The Bertz CT molecular complexity index is 4470. The maximum absolute atomic E-state index is 5.78. The van der Waals surface area contributed by atoms with Crippen LogP contribution in [0.2, 0.25) is 0 Å². The molecular formula is C87H78O. The van der Waals surface area contributed by atoms with Gasteiger partial charge in [0.05, 0.1) is 0 Å². The van der Waals surface area contributed by atoms with E-state index in [9.17, 15) is 0 Å². The van der Waals surface area contributed by atoms with Gasteiger partial charge in [-0.3, -0.25) is 0 Å². The van der Waals surface area contributed by atoms with Crippen molar-refractivity contribution in [2.75, 3.05) is 0 Å². The van der Waals surface area contributed by atoms with Crippen molar-refractivity contribution in [1.82, 2.24) is 0 Å². The average Bonchev–Trinajstić information content (AvgIpc) is 4.19. The molecule has 0 aliphatic heterocycles. The molecule has 15 aromatic rings. The molecule has 0 saturated heterocycles. The topological polar surface area (TPSA) is 13.1 Å². The van der Waals surface area contributed by atoms with E-state index in [1.165, 1.54) is 116 Å². The van der Waals surface area contributed by atoms with Crippen LogP contribution in [0.15, 0.2) is 350 Å². The highest BCUT2D eigenvalue weighted by Crippen LogP contribution is 2.31. The van der Waals surface area contributed by atoms with Gasteiger partial charge >= 0.3 is 0 Å². The zero-order chi connectivity index (χ0) is 61.3. The largest absolute Gasteiger partial charge is 0.456 e. The molecule has 15 rings (SSSR count). The van der Waals surface area contributed by atoms with Crippen molar-refractivity contribution in [3.63, 3.8) is 0 Å². The normalized spacial score (nSPS) is 10.2. The summed E-state index contributed by atoms with van der Waals surface area (Å²) in [5, 5.41) is 7.74. The number of rotatable bonds is 4. The van der Waals surface area contributed by atoms with E-state index in [1.807, 2.05) is 48.5 Å². The molecular weight excluding hydrogens is 1060 g/mol. The van der Waals surface area contributed by atoms with Gasteiger partial charge in [0, 0.05) is 10.8 Å². The van der Waals surface area contributed by atoms with Crippen LogP contribution in [-0.2, 0) is 0 Å². The van der Waals surface area contributed by atoms with Crippen molar-refractivity contribution >= 4 is 43.5 Å². The van der Waals surface area contributed by atoms with Gasteiger partial charge in [0.25, 0.3) is 0 Å². The number of aryl methyl sites for hydroxylation is 7. The second kappa shape index (κ2) is 32.1. The van der Waals surface area contributed by atoms with Gasteiger partial charge in [-0.15, -0.1) is 0 Å². The summed E-state index contributed by atoms with van der Waals surface area (Å²) in [7, 11) is 0. The molecule has 1 heteroatoms.